The zero-order valence-corrected chi connectivity index (χ0v) is 13.3. The Morgan fingerprint density at radius 2 is 2.16 bits per heavy atom. The normalized spacial score (nSPS) is 11.3. The molecule has 0 N–H and O–H groups in total. The molecule has 0 spiro atoms. The van der Waals surface area contributed by atoms with Crippen molar-refractivity contribution in [3.63, 3.8) is 0 Å². The molecule has 0 amide bonds. The third-order valence-electron chi connectivity index (χ3n) is 1.98. The van der Waals surface area contributed by atoms with Crippen molar-refractivity contribution >= 4 is 44.5 Å². The maximum absolute atomic E-state index is 12.3. The van der Waals surface area contributed by atoms with Crippen LogP contribution in [0.25, 0.3) is 0 Å². The Hall–Kier alpha value is -0.580. The summed E-state index contributed by atoms with van der Waals surface area (Å²) in [6.45, 7) is 0. The lowest BCUT2D eigenvalue weighted by molar-refractivity contribution is -0.275. The van der Waals surface area contributed by atoms with Crippen LogP contribution in [0.3, 0.4) is 0 Å². The molecule has 0 unspecified atom stereocenters. The molecule has 0 aliphatic carbocycles. The van der Waals surface area contributed by atoms with Crippen LogP contribution in [0.5, 0.6) is 5.75 Å². The van der Waals surface area contributed by atoms with Gasteiger partial charge in [0.2, 0.25) is 0 Å². The topological polar surface area (TPSA) is 48.4 Å². The van der Waals surface area contributed by atoms with Crippen LogP contribution in [0.15, 0.2) is 6.07 Å². The quantitative estimate of drug-likeness (QED) is 0.304. The Balaban J connectivity index is 3.21. The number of pyridine rings is 1. The van der Waals surface area contributed by atoms with Crippen molar-refractivity contribution in [3.8, 4) is 5.75 Å². The lowest BCUT2D eigenvalue weighted by atomic mass is 10.1. The number of esters is 1. The minimum Gasteiger partial charge on any atom is -0.469 e. The molecule has 0 radical (unpaired) electrons. The summed E-state index contributed by atoms with van der Waals surface area (Å²) in [4.78, 5) is 15.1. The summed E-state index contributed by atoms with van der Waals surface area (Å²) in [6.07, 6.45) is -5.16. The van der Waals surface area contributed by atoms with E-state index in [1.54, 1.807) is 22.6 Å². The first-order chi connectivity index (χ1) is 8.76. The number of hydrogen-bond acceptors (Lipinski definition) is 4. The van der Waals surface area contributed by atoms with Crippen LogP contribution in [0, 0.1) is 3.70 Å². The Morgan fingerprint density at radius 3 is 2.63 bits per heavy atom. The molecule has 0 aromatic carbocycles. The lowest BCUT2D eigenvalue weighted by Gasteiger charge is -2.15. The molecule has 0 aliphatic heterocycles. The standard InChI is InChI=1S/C10H8BrF3INO3/c1-18-7(17)3-5-2-6(4-11)16-9(15)8(5)19-10(12,13)14/h2H,3-4H2,1H3. The summed E-state index contributed by atoms with van der Waals surface area (Å²) < 4.78 is 45.4. The molecule has 0 atom stereocenters. The van der Waals surface area contributed by atoms with E-state index in [4.69, 9.17) is 0 Å². The molecule has 0 bridgehead atoms. The molecule has 0 saturated heterocycles. The van der Waals surface area contributed by atoms with Crippen molar-refractivity contribution in [1.82, 2.24) is 4.98 Å². The van der Waals surface area contributed by atoms with Gasteiger partial charge in [0.15, 0.2) is 5.75 Å². The molecule has 0 fully saturated rings. The van der Waals surface area contributed by atoms with Gasteiger partial charge >= 0.3 is 12.3 Å². The van der Waals surface area contributed by atoms with Gasteiger partial charge in [-0.1, -0.05) is 15.9 Å². The largest absolute Gasteiger partial charge is 0.573 e. The van der Waals surface area contributed by atoms with E-state index in [0.717, 1.165) is 7.11 Å². The van der Waals surface area contributed by atoms with Crippen molar-refractivity contribution in [3.05, 3.63) is 21.0 Å². The molecule has 1 heterocycles. The number of rotatable bonds is 4. The number of methoxy groups -OCH3 is 1. The van der Waals surface area contributed by atoms with Crippen LogP contribution in [0.2, 0.25) is 0 Å². The van der Waals surface area contributed by atoms with Gasteiger partial charge in [0.05, 0.1) is 19.2 Å². The average Bonchev–Trinajstić information content (AvgIpc) is 2.31. The second kappa shape index (κ2) is 6.73. The van der Waals surface area contributed by atoms with E-state index in [1.807, 2.05) is 0 Å². The fourth-order valence-electron chi connectivity index (χ4n) is 1.26. The van der Waals surface area contributed by atoms with Crippen LogP contribution in [-0.2, 0) is 21.3 Å². The van der Waals surface area contributed by atoms with Crippen LogP contribution in [0.1, 0.15) is 11.3 Å². The number of halogens is 5. The molecule has 0 saturated carbocycles. The van der Waals surface area contributed by atoms with E-state index in [0.29, 0.717) is 11.0 Å². The molecule has 1 aromatic rings. The zero-order valence-electron chi connectivity index (χ0n) is 9.55. The molecule has 19 heavy (non-hydrogen) atoms. The number of carbonyl (C=O) groups excluding carboxylic acids is 1. The van der Waals surface area contributed by atoms with E-state index in [9.17, 15) is 18.0 Å². The van der Waals surface area contributed by atoms with Gasteiger partial charge in [-0.3, -0.25) is 4.79 Å². The highest BCUT2D eigenvalue weighted by molar-refractivity contribution is 14.1. The van der Waals surface area contributed by atoms with Gasteiger partial charge in [-0.15, -0.1) is 13.2 Å². The number of alkyl halides is 4. The minimum atomic E-state index is -4.84. The SMILES string of the molecule is COC(=O)Cc1cc(CBr)nc(I)c1OC(F)(F)F. The molecular formula is C10H8BrF3INO3. The highest BCUT2D eigenvalue weighted by Crippen LogP contribution is 2.31. The predicted octanol–water partition coefficient (Wildman–Crippen LogP) is 3.20. The van der Waals surface area contributed by atoms with Crippen LogP contribution in [-0.4, -0.2) is 24.4 Å². The number of ether oxygens (including phenoxy) is 2. The van der Waals surface area contributed by atoms with Gasteiger partial charge in [-0.05, 0) is 28.7 Å². The van der Waals surface area contributed by atoms with Crippen molar-refractivity contribution in [2.45, 2.75) is 18.1 Å². The van der Waals surface area contributed by atoms with Gasteiger partial charge < -0.3 is 9.47 Å². The number of aromatic nitrogens is 1. The molecule has 1 rings (SSSR count). The summed E-state index contributed by atoms with van der Waals surface area (Å²) in [5.74, 6) is -1.13. The highest BCUT2D eigenvalue weighted by atomic mass is 127. The van der Waals surface area contributed by atoms with Crippen molar-refractivity contribution in [2.24, 2.45) is 0 Å². The molecule has 9 heteroatoms. The van der Waals surface area contributed by atoms with Crippen LogP contribution in [0.4, 0.5) is 13.2 Å². The smallest absolute Gasteiger partial charge is 0.469 e. The summed E-state index contributed by atoms with van der Waals surface area (Å²) in [5.41, 5.74) is 0.579. The average molecular weight is 454 g/mol. The predicted molar refractivity (Wildman–Crippen MR) is 72.0 cm³/mol. The van der Waals surface area contributed by atoms with Gasteiger partial charge in [0.1, 0.15) is 3.70 Å². The molecular weight excluding hydrogens is 446 g/mol. The fourth-order valence-corrected chi connectivity index (χ4v) is 2.31. The molecule has 0 aliphatic rings. The first kappa shape index (κ1) is 16.5. The maximum Gasteiger partial charge on any atom is 0.573 e. The molecule has 106 valence electrons. The summed E-state index contributed by atoms with van der Waals surface area (Å²) >= 11 is 4.77. The van der Waals surface area contributed by atoms with Gasteiger partial charge in [0, 0.05) is 10.9 Å². The minimum absolute atomic E-state index is 0.0331. The Bertz CT molecular complexity index is 482. The Morgan fingerprint density at radius 1 is 1.53 bits per heavy atom. The number of hydrogen-bond donors (Lipinski definition) is 0. The van der Waals surface area contributed by atoms with E-state index >= 15 is 0 Å². The number of carbonyl (C=O) groups is 1. The summed E-state index contributed by atoms with van der Waals surface area (Å²) in [5, 5.41) is 0.351. The number of nitrogens with zero attached hydrogens (tertiary/aromatic N) is 1. The maximum atomic E-state index is 12.3. The van der Waals surface area contributed by atoms with Gasteiger partial charge in [-0.2, -0.15) is 0 Å². The monoisotopic (exact) mass is 453 g/mol. The highest BCUT2D eigenvalue weighted by Gasteiger charge is 2.34. The Kier molecular flexibility index (Phi) is 5.83. The third kappa shape index (κ3) is 5.13. The van der Waals surface area contributed by atoms with E-state index in [2.05, 4.69) is 30.4 Å². The summed E-state index contributed by atoms with van der Waals surface area (Å²) in [7, 11) is 1.16. The molecule has 4 nitrogen and oxygen atoms in total. The third-order valence-corrected chi connectivity index (χ3v) is 3.28. The van der Waals surface area contributed by atoms with Crippen molar-refractivity contribution in [1.29, 1.82) is 0 Å². The van der Waals surface area contributed by atoms with E-state index < -0.39 is 18.1 Å². The van der Waals surface area contributed by atoms with E-state index in [1.165, 1.54) is 6.07 Å². The second-order valence-electron chi connectivity index (χ2n) is 3.33. The van der Waals surface area contributed by atoms with Crippen LogP contribution < -0.4 is 4.74 Å². The lowest BCUT2D eigenvalue weighted by Crippen LogP contribution is -2.20. The van der Waals surface area contributed by atoms with Crippen LogP contribution >= 0.6 is 38.5 Å². The first-order valence-electron chi connectivity index (χ1n) is 4.83. The first-order valence-corrected chi connectivity index (χ1v) is 7.03. The second-order valence-corrected chi connectivity index (χ2v) is 4.91. The fraction of sp³-hybridized carbons (Fsp3) is 0.400. The zero-order chi connectivity index (χ0) is 14.6. The Labute approximate surface area is 128 Å². The van der Waals surface area contributed by atoms with Crippen molar-refractivity contribution in [2.75, 3.05) is 7.11 Å². The van der Waals surface area contributed by atoms with Gasteiger partial charge in [0.25, 0.3) is 0 Å². The van der Waals surface area contributed by atoms with Gasteiger partial charge in [-0.25, -0.2) is 4.98 Å². The van der Waals surface area contributed by atoms with E-state index in [-0.39, 0.29) is 15.7 Å². The summed E-state index contributed by atoms with van der Waals surface area (Å²) in [6, 6.07) is 1.37. The van der Waals surface area contributed by atoms with Crippen molar-refractivity contribution < 1.29 is 27.4 Å². The molecule has 1 aromatic heterocycles.